The molecule has 0 spiro atoms. The number of aliphatic hydroxyl groups is 6. The first kappa shape index (κ1) is 135. The first-order valence-corrected chi connectivity index (χ1v) is 87.0. The van der Waals surface area contributed by atoms with Crippen molar-refractivity contribution in [3.8, 4) is 0 Å². The van der Waals surface area contributed by atoms with Crippen molar-refractivity contribution in [2.45, 2.75) is 407 Å². The topological polar surface area (TPSA) is 854 Å². The molecule has 150 heavy (non-hydrogen) atoms. The van der Waals surface area contributed by atoms with E-state index >= 15 is 0 Å². The molecule has 0 saturated heterocycles. The molecular formula is C89H192O46Si15. The molecule has 32 unspecified atom stereocenters. The monoisotopic (exact) mass is 2420 g/mol. The van der Waals surface area contributed by atoms with Crippen LogP contribution in [0.15, 0.2) is 0 Å². The number of hydrogen-bond acceptors (Lipinski definition) is 46. The van der Waals surface area contributed by atoms with Gasteiger partial charge in [-0.05, 0) is 361 Å². The SMILES string of the molecule is CC1(O)CC2CC(CCC[Si](O)(O)O)CC2CC2CC(CCC[Si](O)(O)O)CC(CC3CC(CCC[Si](O[Si](C)(O)O)(O[Si](C)(O)O)O[Si](C)(O)O)CC(CC4CC(CCC[Si](O)(O)O)CC1C4O)C3O[Si](O)(O)O)C2O.CC1C2CC(CCC[Si](O)(O)O)CC1CC1CC(CCC[Si](O)(O)O)CC(CC3CC(CCC[Si](O)(O)O)CC(CCC4CC(CCC[Si](O[Si](C)(O)O)(O[Si](C)(O)O)O[Si](C)(O)O)CC(C2)C4O)C3O)C1O. The number of hydrogen-bond donors (Lipinski definition) is 39. The molecule has 0 aromatic rings. The Kier molecular flexibility index (Phi) is 49.7. The minimum Gasteiger partial charge on any atom is -0.393 e. The summed E-state index contributed by atoms with van der Waals surface area (Å²) in [7, 11) is -68.0. The summed E-state index contributed by atoms with van der Waals surface area (Å²) >= 11 is 0. The van der Waals surface area contributed by atoms with Gasteiger partial charge >= 0.3 is 132 Å². The van der Waals surface area contributed by atoms with Crippen LogP contribution in [0.25, 0.3) is 0 Å². The van der Waals surface area contributed by atoms with E-state index in [0.29, 0.717) is 199 Å². The Morgan fingerprint density at radius 1 is 0.220 bits per heavy atom. The molecule has 10 fully saturated rings. The van der Waals surface area contributed by atoms with Crippen molar-refractivity contribution in [3.63, 3.8) is 0 Å². The standard InChI is InChI=1S/C45H96O21Si7.C44H96O25Si8/c1-30-37-21-33(10-6-16-71(58,59)60)22-38(30)28-40-25-34(11-7-17-72(61,62)63)26-42(45(40)48)29-41-24-31(9-5-15-70(55,56)57)19-36(44(41)47)14-13-35-20-32(23-39(27-37)43(35)46)12-8-18-73(64-67(2,49)50,65-68(3,51)52)66-69(4,53)54;1-44(47)28-39-23-29(9-5-13-73(54,55)56)17-33(39)25-34-18-30(10-6-14-74(57,58)59)19-35(41(34)45)26-37-21-31(12-8-16-76(67-70(2,48)49,68-71(3,50)51)69-72(4,52)53)22-38(43(37)66-77(63,64)65)27-36-20-32(24-40(44)42(36)46)11-7-15-75(60,61)62/h30-63H,5-29H2,1-4H3;29-43,45-65H,5-28H2,1-4H3. The third-order valence-electron chi connectivity index (χ3n) is 35.3. The quantitative estimate of drug-likeness (QED) is 0.0314. The molecule has 39 N–H and O–H groups in total. The maximum absolute atomic E-state index is 12.9. The summed E-state index contributed by atoms with van der Waals surface area (Å²) in [5, 5.41) is 75.6. The summed E-state index contributed by atoms with van der Waals surface area (Å²) < 4.78 is 39.3. The predicted octanol–water partition coefficient (Wildman–Crippen LogP) is -1.33. The van der Waals surface area contributed by atoms with Crippen molar-refractivity contribution >= 4 is 132 Å². The van der Waals surface area contributed by atoms with Crippen LogP contribution in [-0.4, -0.2) is 363 Å². The fourth-order valence-corrected chi connectivity index (χ4v) is 56.0. The van der Waals surface area contributed by atoms with E-state index in [1.54, 1.807) is 6.92 Å². The average molecular weight is 2420 g/mol. The van der Waals surface area contributed by atoms with Gasteiger partial charge < -0.3 is 218 Å². The van der Waals surface area contributed by atoms with E-state index in [1.165, 1.54) is 0 Å². The third-order valence-corrected chi connectivity index (χ3v) is 60.7. The van der Waals surface area contributed by atoms with Gasteiger partial charge in [-0.1, -0.05) is 58.3 Å². The fourth-order valence-electron chi connectivity index (χ4n) is 30.0. The second-order valence-electron chi connectivity index (χ2n) is 50.1. The smallest absolute Gasteiger partial charge is 0.393 e. The molecule has 0 radical (unpaired) electrons. The lowest BCUT2D eigenvalue weighted by molar-refractivity contribution is -0.134. The van der Waals surface area contributed by atoms with Crippen molar-refractivity contribution in [2.24, 2.45) is 148 Å². The molecule has 10 rings (SSSR count). The summed E-state index contributed by atoms with van der Waals surface area (Å²) in [6.45, 7) is 9.84. The Balaban J connectivity index is 0.000000333. The minimum absolute atomic E-state index is 0.00151. The van der Waals surface area contributed by atoms with Crippen LogP contribution in [0.2, 0.25) is 87.6 Å². The highest BCUT2D eigenvalue weighted by Gasteiger charge is 2.62. The summed E-state index contributed by atoms with van der Waals surface area (Å²) in [4.78, 5) is 336. The molecule has 10 aliphatic rings. The largest absolute Gasteiger partial charge is 0.671 e. The van der Waals surface area contributed by atoms with Crippen LogP contribution >= 0.6 is 0 Å². The highest BCUT2D eigenvalue weighted by Crippen LogP contribution is 2.59. The van der Waals surface area contributed by atoms with Crippen LogP contribution in [0.1, 0.15) is 277 Å². The molecule has 0 aromatic carbocycles. The maximum Gasteiger partial charge on any atom is 0.671 e. The van der Waals surface area contributed by atoms with Gasteiger partial charge in [-0.15, -0.1) is 0 Å². The van der Waals surface area contributed by atoms with E-state index in [2.05, 4.69) is 6.92 Å². The lowest BCUT2D eigenvalue weighted by Crippen LogP contribution is -2.64. The molecule has 0 aromatic heterocycles. The summed E-state index contributed by atoms with van der Waals surface area (Å²) in [6, 6.07) is -1.35. The molecule has 46 nitrogen and oxygen atoms in total. The molecule has 14 bridgehead atoms. The molecule has 10 aliphatic carbocycles. The fraction of sp³-hybridized carbons (Fsp3) is 1.00. The Morgan fingerprint density at radius 3 is 0.653 bits per heavy atom. The van der Waals surface area contributed by atoms with Gasteiger partial charge in [-0.25, -0.2) is 0 Å². The molecule has 0 amide bonds. The average Bonchev–Trinajstić information content (AvgIpc) is 1.39. The van der Waals surface area contributed by atoms with Gasteiger partial charge in [0.15, 0.2) is 0 Å². The molecular weight excluding hydrogens is 2230 g/mol. The van der Waals surface area contributed by atoms with Gasteiger partial charge in [0, 0.05) is 93.6 Å². The van der Waals surface area contributed by atoms with E-state index in [0.717, 1.165) is 52.1 Å². The molecule has 10 saturated carbocycles. The molecule has 0 heterocycles. The first-order valence-electron chi connectivity index (χ1n) is 55.3. The Morgan fingerprint density at radius 2 is 0.407 bits per heavy atom. The van der Waals surface area contributed by atoms with E-state index in [1.807, 2.05) is 0 Å². The van der Waals surface area contributed by atoms with Gasteiger partial charge in [-0.2, -0.15) is 0 Å². The second-order valence-corrected chi connectivity index (χ2v) is 83.6. The van der Waals surface area contributed by atoms with Crippen molar-refractivity contribution in [1.82, 2.24) is 0 Å². The van der Waals surface area contributed by atoms with Crippen LogP contribution < -0.4 is 0 Å². The third kappa shape index (κ3) is 47.8. The summed E-state index contributed by atoms with van der Waals surface area (Å²) in [6.07, 6.45) is 14.9. The zero-order valence-corrected chi connectivity index (χ0v) is 104. The van der Waals surface area contributed by atoms with Crippen LogP contribution in [0.3, 0.4) is 0 Å². The van der Waals surface area contributed by atoms with E-state index < -0.39 is 204 Å². The summed E-state index contributed by atoms with van der Waals surface area (Å²) in [5.74, 6) is -4.17. The Labute approximate surface area is 899 Å². The molecule has 0 aliphatic heterocycles. The molecule has 32 atom stereocenters. The van der Waals surface area contributed by atoms with Gasteiger partial charge in [0.25, 0.3) is 0 Å². The highest BCUT2D eigenvalue weighted by molar-refractivity contribution is 6.84. The van der Waals surface area contributed by atoms with Crippen LogP contribution in [0.4, 0.5) is 0 Å². The lowest BCUT2D eigenvalue weighted by atomic mass is 9.59. The van der Waals surface area contributed by atoms with Gasteiger partial charge in [0.05, 0.1) is 42.2 Å². The van der Waals surface area contributed by atoms with E-state index in [-0.39, 0.29) is 218 Å². The summed E-state index contributed by atoms with van der Waals surface area (Å²) in [5.41, 5.74) is -1.50. The van der Waals surface area contributed by atoms with Crippen molar-refractivity contribution in [2.75, 3.05) is 0 Å². The van der Waals surface area contributed by atoms with Crippen LogP contribution in [0.5, 0.6) is 0 Å². The number of rotatable bonds is 46. The van der Waals surface area contributed by atoms with Crippen molar-refractivity contribution in [3.05, 3.63) is 0 Å². The van der Waals surface area contributed by atoms with Gasteiger partial charge in [0.2, 0.25) is 0 Å². The van der Waals surface area contributed by atoms with Crippen molar-refractivity contribution in [1.29, 1.82) is 0 Å². The zero-order valence-electron chi connectivity index (χ0n) is 88.8. The Bertz CT molecular complexity index is 3870. The van der Waals surface area contributed by atoms with E-state index in [4.69, 9.17) is 29.1 Å². The number of aliphatic hydroxyl groups excluding tert-OH is 5. The van der Waals surface area contributed by atoms with Crippen LogP contribution in [0, 0.1) is 148 Å². The Hall–Kier alpha value is 1.41. The van der Waals surface area contributed by atoms with E-state index in [9.17, 15) is 189 Å². The lowest BCUT2D eigenvalue weighted by Gasteiger charge is -2.51. The first-order chi connectivity index (χ1) is 68.4. The highest BCUT2D eigenvalue weighted by atomic mass is 28.5. The second kappa shape index (κ2) is 55.3. The normalized spacial score (nSPS) is 35.8. The number of fused-ring (bicyclic) bond motifs is 15. The molecule has 61 heteroatoms. The van der Waals surface area contributed by atoms with Gasteiger partial charge in [0.1, 0.15) is 0 Å². The van der Waals surface area contributed by atoms with Gasteiger partial charge in [-0.3, -0.25) is 0 Å². The van der Waals surface area contributed by atoms with Crippen LogP contribution in [-0.2, 0) is 29.1 Å². The molecule has 884 valence electrons. The maximum atomic E-state index is 12.9. The van der Waals surface area contributed by atoms with Crippen molar-refractivity contribution < 1.29 is 218 Å². The minimum atomic E-state index is -5.35. The predicted molar refractivity (Wildman–Crippen MR) is 567 cm³/mol. The zero-order chi connectivity index (χ0) is 112.